The van der Waals surface area contributed by atoms with Crippen LogP contribution in [0.3, 0.4) is 0 Å². The molecule has 0 aromatic rings. The van der Waals surface area contributed by atoms with E-state index in [9.17, 15) is 9.59 Å². The molecule has 138 valence electrons. The molecule has 2 aliphatic rings. The SMILES string of the molecule is CC1(C)CC(CCN2CC(C)(C)NC(C)(C)C2=O)C(=O)C(C)(C)N1. The van der Waals surface area contributed by atoms with Crippen LogP contribution in [0.1, 0.15) is 68.2 Å². The van der Waals surface area contributed by atoms with Gasteiger partial charge in [-0.2, -0.15) is 0 Å². The molecule has 5 heteroatoms. The van der Waals surface area contributed by atoms with Gasteiger partial charge in [-0.1, -0.05) is 0 Å². The van der Waals surface area contributed by atoms with Crippen LogP contribution < -0.4 is 10.6 Å². The zero-order chi connectivity index (χ0) is 18.6. The molecule has 1 amide bonds. The molecule has 1 atom stereocenters. The summed E-state index contributed by atoms with van der Waals surface area (Å²) in [5.41, 5.74) is -1.24. The minimum absolute atomic E-state index is 0.00478. The third kappa shape index (κ3) is 3.99. The molecule has 2 aliphatic heterocycles. The third-order valence-corrected chi connectivity index (χ3v) is 5.20. The van der Waals surface area contributed by atoms with Gasteiger partial charge in [0.05, 0.1) is 11.1 Å². The summed E-state index contributed by atoms with van der Waals surface area (Å²) >= 11 is 0. The molecule has 0 radical (unpaired) electrons. The Balaban J connectivity index is 2.09. The number of rotatable bonds is 3. The highest BCUT2D eigenvalue weighted by Gasteiger charge is 2.46. The second-order valence-corrected chi connectivity index (χ2v) is 10.0. The lowest BCUT2D eigenvalue weighted by Gasteiger charge is -2.48. The Morgan fingerprint density at radius 2 is 1.46 bits per heavy atom. The average molecular weight is 338 g/mol. The average Bonchev–Trinajstić information content (AvgIpc) is 2.34. The summed E-state index contributed by atoms with van der Waals surface area (Å²) in [5.74, 6) is 0.398. The van der Waals surface area contributed by atoms with Crippen LogP contribution in [0.4, 0.5) is 0 Å². The van der Waals surface area contributed by atoms with Crippen LogP contribution in [-0.2, 0) is 9.59 Å². The maximum absolute atomic E-state index is 12.8. The van der Waals surface area contributed by atoms with Crippen molar-refractivity contribution in [1.29, 1.82) is 0 Å². The number of piperidine rings is 1. The van der Waals surface area contributed by atoms with Crippen LogP contribution >= 0.6 is 0 Å². The zero-order valence-electron chi connectivity index (χ0n) is 16.7. The molecule has 2 fully saturated rings. The van der Waals surface area contributed by atoms with E-state index in [1.165, 1.54) is 0 Å². The molecule has 24 heavy (non-hydrogen) atoms. The molecule has 0 aliphatic carbocycles. The van der Waals surface area contributed by atoms with E-state index < -0.39 is 11.1 Å². The Hall–Kier alpha value is -0.940. The Kier molecular flexibility index (Phi) is 4.69. The number of Topliss-reactive ketones (excluding diaryl/α,β-unsaturated/α-hetero) is 1. The van der Waals surface area contributed by atoms with E-state index >= 15 is 0 Å². The maximum atomic E-state index is 12.8. The summed E-state index contributed by atoms with van der Waals surface area (Å²) in [4.78, 5) is 27.4. The number of carbonyl (C=O) groups is 2. The summed E-state index contributed by atoms with van der Waals surface area (Å²) in [5, 5.41) is 6.86. The van der Waals surface area contributed by atoms with Crippen molar-refractivity contribution >= 4 is 11.7 Å². The lowest BCUT2D eigenvalue weighted by molar-refractivity contribution is -0.144. The van der Waals surface area contributed by atoms with Crippen LogP contribution in [0.25, 0.3) is 0 Å². The van der Waals surface area contributed by atoms with Crippen molar-refractivity contribution in [2.75, 3.05) is 13.1 Å². The summed E-state index contributed by atoms with van der Waals surface area (Å²) in [6.07, 6.45) is 1.56. The molecule has 0 aromatic heterocycles. The van der Waals surface area contributed by atoms with E-state index in [-0.39, 0.29) is 28.7 Å². The van der Waals surface area contributed by atoms with Crippen LogP contribution in [0, 0.1) is 5.92 Å². The fourth-order valence-electron chi connectivity index (χ4n) is 4.79. The third-order valence-electron chi connectivity index (χ3n) is 5.20. The van der Waals surface area contributed by atoms with Gasteiger partial charge in [0.2, 0.25) is 5.91 Å². The van der Waals surface area contributed by atoms with Crippen LogP contribution in [0.15, 0.2) is 0 Å². The molecule has 2 N–H and O–H groups in total. The minimum atomic E-state index is -0.557. The number of carbonyl (C=O) groups excluding carboxylic acids is 2. The first kappa shape index (κ1) is 19.4. The first-order valence-electron chi connectivity index (χ1n) is 9.08. The Morgan fingerprint density at radius 3 is 2.04 bits per heavy atom. The molecule has 1 unspecified atom stereocenters. The van der Waals surface area contributed by atoms with E-state index in [0.717, 1.165) is 12.8 Å². The second kappa shape index (κ2) is 5.80. The summed E-state index contributed by atoms with van der Waals surface area (Å²) in [6, 6.07) is 0. The number of hydrogen-bond acceptors (Lipinski definition) is 4. The molecule has 2 saturated heterocycles. The van der Waals surface area contributed by atoms with Gasteiger partial charge in [0.1, 0.15) is 0 Å². The van der Waals surface area contributed by atoms with E-state index in [2.05, 4.69) is 38.3 Å². The lowest BCUT2D eigenvalue weighted by atomic mass is 9.73. The maximum Gasteiger partial charge on any atom is 0.242 e. The number of ketones is 1. The Morgan fingerprint density at radius 1 is 0.917 bits per heavy atom. The van der Waals surface area contributed by atoms with Crippen molar-refractivity contribution in [3.8, 4) is 0 Å². The standard InChI is InChI=1S/C19H35N3O2/c1-16(2)11-13(14(23)18(5,6)20-16)9-10-22-12-17(3,4)21-19(7,8)15(22)24/h13,20-21H,9-12H2,1-8H3. The second-order valence-electron chi connectivity index (χ2n) is 10.0. The van der Waals surface area contributed by atoms with Crippen LogP contribution in [0.2, 0.25) is 0 Å². The first-order chi connectivity index (χ1) is 10.7. The van der Waals surface area contributed by atoms with Gasteiger partial charge < -0.3 is 10.2 Å². The number of hydrogen-bond donors (Lipinski definition) is 2. The monoisotopic (exact) mass is 337 g/mol. The van der Waals surface area contributed by atoms with Gasteiger partial charge >= 0.3 is 0 Å². The molecule has 0 bridgehead atoms. The number of nitrogens with zero attached hydrogens (tertiary/aromatic N) is 1. The highest BCUT2D eigenvalue weighted by Crippen LogP contribution is 2.32. The fourth-order valence-corrected chi connectivity index (χ4v) is 4.79. The van der Waals surface area contributed by atoms with Gasteiger partial charge in [-0.25, -0.2) is 0 Å². The molecule has 0 aromatic carbocycles. The molecule has 2 rings (SSSR count). The predicted molar refractivity (Wildman–Crippen MR) is 96.9 cm³/mol. The molecule has 0 spiro atoms. The summed E-state index contributed by atoms with van der Waals surface area (Å²) in [7, 11) is 0. The highest BCUT2D eigenvalue weighted by atomic mass is 16.2. The smallest absolute Gasteiger partial charge is 0.242 e. The zero-order valence-corrected chi connectivity index (χ0v) is 16.7. The van der Waals surface area contributed by atoms with E-state index in [1.807, 2.05) is 32.6 Å². The van der Waals surface area contributed by atoms with Gasteiger partial charge in [0, 0.05) is 30.1 Å². The largest absolute Gasteiger partial charge is 0.339 e. The van der Waals surface area contributed by atoms with Crippen LogP contribution in [-0.4, -0.2) is 51.8 Å². The van der Waals surface area contributed by atoms with Gasteiger partial charge in [-0.15, -0.1) is 0 Å². The topological polar surface area (TPSA) is 61.4 Å². The van der Waals surface area contributed by atoms with Crippen molar-refractivity contribution in [2.45, 2.75) is 90.4 Å². The van der Waals surface area contributed by atoms with Gasteiger partial charge in [0.15, 0.2) is 5.78 Å². The van der Waals surface area contributed by atoms with Crippen molar-refractivity contribution in [3.05, 3.63) is 0 Å². The number of piperazine rings is 1. The quantitative estimate of drug-likeness (QED) is 0.828. The van der Waals surface area contributed by atoms with Crippen molar-refractivity contribution in [3.63, 3.8) is 0 Å². The van der Waals surface area contributed by atoms with E-state index in [1.54, 1.807) is 0 Å². The predicted octanol–water partition coefficient (Wildman–Crippen LogP) is 2.10. The van der Waals surface area contributed by atoms with Gasteiger partial charge in [-0.05, 0) is 68.2 Å². The van der Waals surface area contributed by atoms with Crippen LogP contribution in [0.5, 0.6) is 0 Å². The van der Waals surface area contributed by atoms with E-state index in [4.69, 9.17) is 0 Å². The van der Waals surface area contributed by atoms with Gasteiger partial charge in [-0.3, -0.25) is 14.9 Å². The molecular formula is C19H35N3O2. The molecule has 2 heterocycles. The molecular weight excluding hydrogens is 302 g/mol. The number of nitrogens with one attached hydrogen (secondary N) is 2. The minimum Gasteiger partial charge on any atom is -0.339 e. The normalized spacial score (nSPS) is 31.2. The van der Waals surface area contributed by atoms with Gasteiger partial charge in [0.25, 0.3) is 0 Å². The molecule has 0 saturated carbocycles. The summed E-state index contributed by atoms with van der Waals surface area (Å²) in [6.45, 7) is 17.7. The van der Waals surface area contributed by atoms with Crippen molar-refractivity contribution < 1.29 is 9.59 Å². The first-order valence-corrected chi connectivity index (χ1v) is 9.08. The Bertz CT molecular complexity index is 487. The van der Waals surface area contributed by atoms with Crippen molar-refractivity contribution in [1.82, 2.24) is 15.5 Å². The van der Waals surface area contributed by atoms with E-state index in [0.29, 0.717) is 13.1 Å². The number of amides is 1. The lowest BCUT2D eigenvalue weighted by Crippen LogP contribution is -2.70. The summed E-state index contributed by atoms with van der Waals surface area (Å²) < 4.78 is 0. The van der Waals surface area contributed by atoms with Crippen molar-refractivity contribution in [2.24, 2.45) is 5.92 Å². The fraction of sp³-hybridized carbons (Fsp3) is 0.895. The highest BCUT2D eigenvalue weighted by molar-refractivity contribution is 5.91. The Labute approximate surface area is 146 Å². The molecule has 5 nitrogen and oxygen atoms in total.